The van der Waals surface area contributed by atoms with Crippen LogP contribution in [0.4, 0.5) is 5.69 Å². The van der Waals surface area contributed by atoms with E-state index in [1.54, 1.807) is 0 Å². The molecule has 0 heterocycles. The van der Waals surface area contributed by atoms with Gasteiger partial charge in [-0.05, 0) is 31.6 Å². The molecule has 1 atom stereocenters. The van der Waals surface area contributed by atoms with Gasteiger partial charge in [0.05, 0.1) is 6.04 Å². The van der Waals surface area contributed by atoms with E-state index in [4.69, 9.17) is 0 Å². The van der Waals surface area contributed by atoms with Crippen LogP contribution in [0.2, 0.25) is 0 Å². The Morgan fingerprint density at radius 2 is 1.81 bits per heavy atom. The molecule has 1 aromatic rings. The lowest BCUT2D eigenvalue weighted by Gasteiger charge is -2.21. The van der Waals surface area contributed by atoms with E-state index < -0.39 is 0 Å². The van der Waals surface area contributed by atoms with Crippen molar-refractivity contribution in [3.05, 3.63) is 65.8 Å². The first-order valence-corrected chi connectivity index (χ1v) is 5.61. The summed E-state index contributed by atoms with van der Waals surface area (Å²) in [5, 5.41) is 3.52. The lowest BCUT2D eigenvalue weighted by molar-refractivity contribution is 1.01. The molecule has 1 aromatic carbocycles. The predicted molar refractivity (Wildman–Crippen MR) is 70.5 cm³/mol. The monoisotopic (exact) mass is 211 g/mol. The number of hydrogen-bond donors (Lipinski definition) is 1. The standard InChI is InChI=1S/C15H17N/c1-12(2)14-10-6-7-11-15(14)16-13-8-4-3-5-9-13/h3-11,15-16H,1-2H3. The molecule has 0 spiro atoms. The van der Waals surface area contributed by atoms with Gasteiger partial charge >= 0.3 is 0 Å². The van der Waals surface area contributed by atoms with E-state index in [2.05, 4.69) is 55.6 Å². The minimum Gasteiger partial charge on any atom is -0.375 e. The molecule has 82 valence electrons. The minimum absolute atomic E-state index is 0.289. The van der Waals surface area contributed by atoms with Crippen molar-refractivity contribution in [2.45, 2.75) is 19.9 Å². The maximum Gasteiger partial charge on any atom is 0.0700 e. The number of allylic oxidation sites excluding steroid dienone is 3. The van der Waals surface area contributed by atoms with Crippen LogP contribution in [0.5, 0.6) is 0 Å². The molecule has 2 rings (SSSR count). The Hall–Kier alpha value is -1.76. The number of hydrogen-bond acceptors (Lipinski definition) is 1. The van der Waals surface area contributed by atoms with Gasteiger partial charge in [0.15, 0.2) is 0 Å². The van der Waals surface area contributed by atoms with Gasteiger partial charge in [-0.25, -0.2) is 0 Å². The van der Waals surface area contributed by atoms with E-state index in [-0.39, 0.29) is 6.04 Å². The van der Waals surface area contributed by atoms with Gasteiger partial charge < -0.3 is 5.32 Å². The third kappa shape index (κ3) is 2.43. The first-order valence-electron chi connectivity index (χ1n) is 5.61. The van der Waals surface area contributed by atoms with Gasteiger partial charge in [-0.15, -0.1) is 0 Å². The van der Waals surface area contributed by atoms with Crippen LogP contribution >= 0.6 is 0 Å². The van der Waals surface area contributed by atoms with Crippen LogP contribution in [0.25, 0.3) is 0 Å². The zero-order valence-corrected chi connectivity index (χ0v) is 9.77. The second-order valence-electron chi connectivity index (χ2n) is 4.19. The molecule has 0 fully saturated rings. The maximum absolute atomic E-state index is 3.52. The Morgan fingerprint density at radius 1 is 1.06 bits per heavy atom. The number of benzene rings is 1. The summed E-state index contributed by atoms with van der Waals surface area (Å²) in [5.41, 5.74) is 3.87. The molecule has 1 aliphatic rings. The Bertz CT molecular complexity index is 434. The summed E-state index contributed by atoms with van der Waals surface area (Å²) >= 11 is 0. The van der Waals surface area contributed by atoms with Crippen molar-refractivity contribution < 1.29 is 0 Å². The lowest BCUT2D eigenvalue weighted by atomic mass is 9.97. The van der Waals surface area contributed by atoms with Crippen LogP contribution in [0.15, 0.2) is 65.8 Å². The van der Waals surface area contributed by atoms with Gasteiger partial charge in [0.25, 0.3) is 0 Å². The van der Waals surface area contributed by atoms with Gasteiger partial charge in [-0.2, -0.15) is 0 Å². The van der Waals surface area contributed by atoms with Crippen LogP contribution in [0, 0.1) is 0 Å². The summed E-state index contributed by atoms with van der Waals surface area (Å²) in [4.78, 5) is 0. The first-order chi connectivity index (χ1) is 7.77. The molecule has 0 aromatic heterocycles. The molecule has 1 N–H and O–H groups in total. The highest BCUT2D eigenvalue weighted by atomic mass is 14.9. The van der Waals surface area contributed by atoms with E-state index in [0.717, 1.165) is 5.69 Å². The molecule has 1 nitrogen and oxygen atoms in total. The molecule has 0 saturated carbocycles. The second-order valence-corrected chi connectivity index (χ2v) is 4.19. The Balaban J connectivity index is 2.19. The van der Waals surface area contributed by atoms with Crippen molar-refractivity contribution in [2.24, 2.45) is 0 Å². The minimum atomic E-state index is 0.289. The maximum atomic E-state index is 3.52. The number of anilines is 1. The van der Waals surface area contributed by atoms with Crippen molar-refractivity contribution in [2.75, 3.05) is 5.32 Å². The highest BCUT2D eigenvalue weighted by Crippen LogP contribution is 2.20. The molecule has 0 saturated heterocycles. The normalized spacial score (nSPS) is 18.6. The molecule has 0 amide bonds. The summed E-state index contributed by atoms with van der Waals surface area (Å²) in [6.45, 7) is 4.30. The van der Waals surface area contributed by atoms with E-state index in [9.17, 15) is 0 Å². The molecule has 0 aliphatic heterocycles. The van der Waals surface area contributed by atoms with Crippen molar-refractivity contribution in [3.8, 4) is 0 Å². The van der Waals surface area contributed by atoms with Gasteiger partial charge in [0.2, 0.25) is 0 Å². The molecule has 0 bridgehead atoms. The molecule has 1 unspecified atom stereocenters. The van der Waals surface area contributed by atoms with Gasteiger partial charge in [-0.3, -0.25) is 0 Å². The molecule has 16 heavy (non-hydrogen) atoms. The fourth-order valence-electron chi connectivity index (χ4n) is 1.86. The van der Waals surface area contributed by atoms with Gasteiger partial charge in [-0.1, -0.05) is 48.1 Å². The summed E-state index contributed by atoms with van der Waals surface area (Å²) in [5.74, 6) is 0. The van der Waals surface area contributed by atoms with E-state index in [0.29, 0.717) is 0 Å². The molecule has 0 radical (unpaired) electrons. The fraction of sp³-hybridized carbons (Fsp3) is 0.200. The van der Waals surface area contributed by atoms with Crippen LogP contribution in [-0.2, 0) is 0 Å². The van der Waals surface area contributed by atoms with Crippen LogP contribution in [0.3, 0.4) is 0 Å². The SMILES string of the molecule is CC(C)=C1C=CC=CC1Nc1ccccc1. The Kier molecular flexibility index (Phi) is 3.25. The summed E-state index contributed by atoms with van der Waals surface area (Å²) in [7, 11) is 0. The van der Waals surface area contributed by atoms with Crippen molar-refractivity contribution in [3.63, 3.8) is 0 Å². The lowest BCUT2D eigenvalue weighted by Crippen LogP contribution is -2.20. The highest BCUT2D eigenvalue weighted by molar-refractivity contribution is 5.51. The molecule has 1 aliphatic carbocycles. The average molecular weight is 211 g/mol. The quantitative estimate of drug-likeness (QED) is 0.781. The molecule has 1 heteroatoms. The average Bonchev–Trinajstić information content (AvgIpc) is 2.31. The highest BCUT2D eigenvalue weighted by Gasteiger charge is 2.11. The number of rotatable bonds is 2. The summed E-state index contributed by atoms with van der Waals surface area (Å²) < 4.78 is 0. The van der Waals surface area contributed by atoms with E-state index in [1.807, 2.05) is 18.2 Å². The first kappa shape index (κ1) is 10.7. The van der Waals surface area contributed by atoms with Crippen LogP contribution < -0.4 is 5.32 Å². The largest absolute Gasteiger partial charge is 0.375 e. The molecular formula is C15H17N. The van der Waals surface area contributed by atoms with Crippen LogP contribution in [0.1, 0.15) is 13.8 Å². The van der Waals surface area contributed by atoms with E-state index in [1.165, 1.54) is 11.1 Å². The third-order valence-electron chi connectivity index (χ3n) is 2.70. The Morgan fingerprint density at radius 3 is 2.50 bits per heavy atom. The van der Waals surface area contributed by atoms with Crippen molar-refractivity contribution in [1.82, 2.24) is 0 Å². The number of para-hydroxylation sites is 1. The van der Waals surface area contributed by atoms with E-state index >= 15 is 0 Å². The van der Waals surface area contributed by atoms with Gasteiger partial charge in [0.1, 0.15) is 0 Å². The van der Waals surface area contributed by atoms with Crippen molar-refractivity contribution in [1.29, 1.82) is 0 Å². The predicted octanol–water partition coefficient (Wildman–Crippen LogP) is 3.93. The zero-order chi connectivity index (χ0) is 11.4. The fourth-order valence-corrected chi connectivity index (χ4v) is 1.86. The number of nitrogens with one attached hydrogen (secondary N) is 1. The van der Waals surface area contributed by atoms with Crippen molar-refractivity contribution >= 4 is 5.69 Å². The van der Waals surface area contributed by atoms with Gasteiger partial charge in [0, 0.05) is 5.69 Å². The summed E-state index contributed by atoms with van der Waals surface area (Å²) in [6.07, 6.45) is 8.55. The third-order valence-corrected chi connectivity index (χ3v) is 2.70. The summed E-state index contributed by atoms with van der Waals surface area (Å²) in [6, 6.07) is 10.6. The van der Waals surface area contributed by atoms with Crippen LogP contribution in [-0.4, -0.2) is 6.04 Å². The molecular weight excluding hydrogens is 194 g/mol. The zero-order valence-electron chi connectivity index (χ0n) is 9.77. The smallest absolute Gasteiger partial charge is 0.0700 e. The second kappa shape index (κ2) is 4.84. The Labute approximate surface area is 97.2 Å². The topological polar surface area (TPSA) is 12.0 Å².